The molecule has 0 aromatic heterocycles. The van der Waals surface area contributed by atoms with Crippen molar-refractivity contribution in [2.24, 2.45) is 0 Å². The van der Waals surface area contributed by atoms with Crippen molar-refractivity contribution < 1.29 is 19.1 Å². The molecule has 26 heavy (non-hydrogen) atoms. The molecule has 0 bridgehead atoms. The molecule has 0 spiro atoms. The first-order valence-electron chi connectivity index (χ1n) is 8.31. The van der Waals surface area contributed by atoms with Gasteiger partial charge in [-0.25, -0.2) is 4.79 Å². The van der Waals surface area contributed by atoms with Gasteiger partial charge >= 0.3 is 5.97 Å². The average molecular weight is 354 g/mol. The van der Waals surface area contributed by atoms with E-state index in [9.17, 15) is 14.4 Å². The van der Waals surface area contributed by atoms with Gasteiger partial charge < -0.3 is 15.4 Å². The lowest BCUT2D eigenvalue weighted by Gasteiger charge is -2.09. The highest BCUT2D eigenvalue weighted by molar-refractivity contribution is 5.94. The van der Waals surface area contributed by atoms with Crippen LogP contribution < -0.4 is 10.6 Å². The van der Waals surface area contributed by atoms with E-state index in [-0.39, 0.29) is 24.0 Å². The van der Waals surface area contributed by atoms with Crippen LogP contribution in [0.5, 0.6) is 0 Å². The van der Waals surface area contributed by atoms with Crippen molar-refractivity contribution in [1.29, 1.82) is 0 Å². The van der Waals surface area contributed by atoms with E-state index in [1.807, 2.05) is 31.2 Å². The number of aryl methyl sites for hydroxylation is 1. The molecule has 6 heteroatoms. The predicted octanol–water partition coefficient (Wildman–Crippen LogP) is 2.47. The number of nitrogens with one attached hydrogen (secondary N) is 2. The molecular formula is C20H22N2O4. The van der Waals surface area contributed by atoms with E-state index in [1.165, 1.54) is 24.1 Å². The van der Waals surface area contributed by atoms with Gasteiger partial charge in [-0.3, -0.25) is 9.59 Å². The van der Waals surface area contributed by atoms with Crippen LogP contribution in [-0.4, -0.2) is 30.9 Å². The summed E-state index contributed by atoms with van der Waals surface area (Å²) in [4.78, 5) is 34.9. The number of carbonyl (C=O) groups excluding carboxylic acids is 3. The van der Waals surface area contributed by atoms with Crippen molar-refractivity contribution in [2.75, 3.05) is 18.5 Å². The lowest BCUT2D eigenvalue weighted by molar-refractivity contribution is -0.124. The Hall–Kier alpha value is -3.15. The fourth-order valence-corrected chi connectivity index (χ4v) is 2.42. The molecule has 6 nitrogen and oxygen atoms in total. The van der Waals surface area contributed by atoms with Gasteiger partial charge in [-0.15, -0.1) is 0 Å². The zero-order valence-corrected chi connectivity index (χ0v) is 14.9. The van der Waals surface area contributed by atoms with Gasteiger partial charge in [0.1, 0.15) is 0 Å². The second-order valence-corrected chi connectivity index (χ2v) is 5.86. The van der Waals surface area contributed by atoms with E-state index < -0.39 is 5.97 Å². The van der Waals surface area contributed by atoms with Crippen LogP contribution in [-0.2, 0) is 20.7 Å². The first-order chi connectivity index (χ1) is 12.5. The van der Waals surface area contributed by atoms with Crippen molar-refractivity contribution in [1.82, 2.24) is 5.32 Å². The van der Waals surface area contributed by atoms with E-state index in [4.69, 9.17) is 4.74 Å². The SMILES string of the molecule is CC(=O)Nc1cccc(C(=O)OCC(=O)NCCc2ccccc2C)c1. The number of hydrogen-bond donors (Lipinski definition) is 2. The summed E-state index contributed by atoms with van der Waals surface area (Å²) in [6.45, 7) is 3.52. The van der Waals surface area contributed by atoms with Crippen LogP contribution in [0.3, 0.4) is 0 Å². The first-order valence-corrected chi connectivity index (χ1v) is 8.31. The van der Waals surface area contributed by atoms with Crippen molar-refractivity contribution in [3.63, 3.8) is 0 Å². The molecule has 2 rings (SSSR count). The molecule has 2 N–H and O–H groups in total. The molecule has 0 unspecified atom stereocenters. The maximum atomic E-state index is 12.0. The summed E-state index contributed by atoms with van der Waals surface area (Å²) >= 11 is 0. The zero-order valence-electron chi connectivity index (χ0n) is 14.9. The summed E-state index contributed by atoms with van der Waals surface area (Å²) in [7, 11) is 0. The monoisotopic (exact) mass is 354 g/mol. The summed E-state index contributed by atoms with van der Waals surface area (Å²) < 4.78 is 5.01. The molecule has 0 heterocycles. The second kappa shape index (κ2) is 9.36. The Morgan fingerprint density at radius 3 is 2.54 bits per heavy atom. The number of esters is 1. The number of benzene rings is 2. The van der Waals surface area contributed by atoms with Crippen LogP contribution in [0.1, 0.15) is 28.4 Å². The van der Waals surface area contributed by atoms with Crippen LogP contribution in [0.15, 0.2) is 48.5 Å². The van der Waals surface area contributed by atoms with Gasteiger partial charge in [0, 0.05) is 19.2 Å². The van der Waals surface area contributed by atoms with Crippen LogP contribution in [0, 0.1) is 6.92 Å². The molecule has 2 amide bonds. The average Bonchev–Trinajstić information content (AvgIpc) is 2.61. The van der Waals surface area contributed by atoms with Gasteiger partial charge in [-0.1, -0.05) is 30.3 Å². The molecular weight excluding hydrogens is 332 g/mol. The Morgan fingerprint density at radius 2 is 1.81 bits per heavy atom. The lowest BCUT2D eigenvalue weighted by atomic mass is 10.1. The van der Waals surface area contributed by atoms with Crippen LogP contribution in [0.2, 0.25) is 0 Å². The molecule has 0 aliphatic heterocycles. The fraction of sp³-hybridized carbons (Fsp3) is 0.250. The molecule has 136 valence electrons. The summed E-state index contributed by atoms with van der Waals surface area (Å²) in [6, 6.07) is 14.3. The number of amides is 2. The third-order valence-corrected chi connectivity index (χ3v) is 3.73. The summed E-state index contributed by atoms with van der Waals surface area (Å²) in [5.41, 5.74) is 3.10. The molecule has 0 aliphatic rings. The largest absolute Gasteiger partial charge is 0.452 e. The van der Waals surface area contributed by atoms with Crippen molar-refractivity contribution in [3.05, 3.63) is 65.2 Å². The highest BCUT2D eigenvalue weighted by Gasteiger charge is 2.11. The number of hydrogen-bond acceptors (Lipinski definition) is 4. The van der Waals surface area contributed by atoms with E-state index in [0.29, 0.717) is 18.7 Å². The topological polar surface area (TPSA) is 84.5 Å². The smallest absolute Gasteiger partial charge is 0.338 e. The summed E-state index contributed by atoms with van der Waals surface area (Å²) in [5.74, 6) is -1.21. The van der Waals surface area contributed by atoms with E-state index >= 15 is 0 Å². The standard InChI is InChI=1S/C20H22N2O4/c1-14-6-3-4-7-16(14)10-11-21-19(24)13-26-20(25)17-8-5-9-18(12-17)22-15(2)23/h3-9,12H,10-11,13H2,1-2H3,(H,21,24)(H,22,23). The third kappa shape index (κ3) is 6.05. The highest BCUT2D eigenvalue weighted by Crippen LogP contribution is 2.11. The molecule has 0 fully saturated rings. The molecule has 0 aliphatic carbocycles. The number of carbonyl (C=O) groups is 3. The highest BCUT2D eigenvalue weighted by atomic mass is 16.5. The summed E-state index contributed by atoms with van der Waals surface area (Å²) in [5, 5.41) is 5.32. The number of anilines is 1. The van der Waals surface area contributed by atoms with E-state index in [2.05, 4.69) is 10.6 Å². The second-order valence-electron chi connectivity index (χ2n) is 5.86. The van der Waals surface area contributed by atoms with Gasteiger partial charge in [0.25, 0.3) is 5.91 Å². The van der Waals surface area contributed by atoms with Crippen molar-refractivity contribution in [2.45, 2.75) is 20.3 Å². The number of rotatable bonds is 7. The normalized spacial score (nSPS) is 10.1. The molecule has 0 saturated heterocycles. The Bertz CT molecular complexity index is 802. The minimum atomic E-state index is -0.619. The first kappa shape index (κ1) is 19.2. The quantitative estimate of drug-likeness (QED) is 0.748. The maximum Gasteiger partial charge on any atom is 0.338 e. The van der Waals surface area contributed by atoms with Crippen molar-refractivity contribution in [3.8, 4) is 0 Å². The minimum absolute atomic E-state index is 0.233. The van der Waals surface area contributed by atoms with E-state index in [0.717, 1.165) is 0 Å². The Morgan fingerprint density at radius 1 is 1.04 bits per heavy atom. The van der Waals surface area contributed by atoms with Gasteiger partial charge in [-0.05, 0) is 42.7 Å². The van der Waals surface area contributed by atoms with Gasteiger partial charge in [0.2, 0.25) is 5.91 Å². The van der Waals surface area contributed by atoms with Crippen LogP contribution >= 0.6 is 0 Å². The molecule has 2 aromatic rings. The third-order valence-electron chi connectivity index (χ3n) is 3.73. The van der Waals surface area contributed by atoms with Gasteiger partial charge in [-0.2, -0.15) is 0 Å². The number of ether oxygens (including phenoxy) is 1. The minimum Gasteiger partial charge on any atom is -0.452 e. The Labute approximate surface area is 152 Å². The van der Waals surface area contributed by atoms with Gasteiger partial charge in [0.05, 0.1) is 5.56 Å². The lowest BCUT2D eigenvalue weighted by Crippen LogP contribution is -2.30. The molecule has 0 saturated carbocycles. The Balaban J connectivity index is 1.77. The Kier molecular flexibility index (Phi) is 6.91. The zero-order chi connectivity index (χ0) is 18.9. The van der Waals surface area contributed by atoms with Crippen LogP contribution in [0.4, 0.5) is 5.69 Å². The molecule has 2 aromatic carbocycles. The van der Waals surface area contributed by atoms with Crippen LogP contribution in [0.25, 0.3) is 0 Å². The molecule has 0 atom stereocenters. The molecule has 0 radical (unpaired) electrons. The fourth-order valence-electron chi connectivity index (χ4n) is 2.42. The summed E-state index contributed by atoms with van der Waals surface area (Å²) in [6.07, 6.45) is 0.713. The van der Waals surface area contributed by atoms with Crippen molar-refractivity contribution >= 4 is 23.5 Å². The van der Waals surface area contributed by atoms with Gasteiger partial charge in [0.15, 0.2) is 6.61 Å². The predicted molar refractivity (Wildman–Crippen MR) is 98.9 cm³/mol. The van der Waals surface area contributed by atoms with E-state index in [1.54, 1.807) is 18.2 Å². The maximum absolute atomic E-state index is 12.0.